The number of anilines is 1. The highest BCUT2D eigenvalue weighted by atomic mass is 28.3. The van der Waals surface area contributed by atoms with Crippen LogP contribution in [0.15, 0.2) is 67.3 Å². The number of ether oxygens (including phenoxy) is 2. The molecule has 0 N–H and O–H groups in total. The first-order valence-corrected chi connectivity index (χ1v) is 17.2. The minimum Gasteiger partial charge on any atom is -0.447 e. The maximum absolute atomic E-state index is 13.9. The third-order valence-corrected chi connectivity index (χ3v) is 8.72. The molecule has 10 nitrogen and oxygen atoms in total. The van der Waals surface area contributed by atoms with E-state index in [-0.39, 0.29) is 6.61 Å². The molecule has 0 unspecified atom stereocenters. The number of rotatable bonds is 9. The van der Waals surface area contributed by atoms with E-state index in [4.69, 9.17) is 14.5 Å². The largest absolute Gasteiger partial charge is 0.447 e. The van der Waals surface area contributed by atoms with Crippen LogP contribution in [0.3, 0.4) is 0 Å². The molecule has 1 atom stereocenters. The molecule has 1 aliphatic rings. The molecule has 6 rings (SSSR count). The van der Waals surface area contributed by atoms with E-state index in [0.717, 1.165) is 34.9 Å². The molecule has 0 radical (unpaired) electrons. The molecular weight excluding hydrogens is 560 g/mol. The predicted octanol–water partition coefficient (Wildman–Crippen LogP) is 5.94. The molecule has 1 saturated heterocycles. The monoisotopic (exact) mass is 589 g/mol. The Morgan fingerprint density at radius 2 is 1.83 bits per heavy atom. The van der Waals surface area contributed by atoms with Crippen LogP contribution in [-0.4, -0.2) is 56.7 Å². The molecule has 1 aliphatic heterocycles. The Morgan fingerprint density at radius 1 is 1.05 bits per heavy atom. The van der Waals surface area contributed by atoms with Gasteiger partial charge >= 0.3 is 6.09 Å². The van der Waals surface area contributed by atoms with E-state index in [1.807, 2.05) is 24.3 Å². The molecule has 1 fully saturated rings. The van der Waals surface area contributed by atoms with Gasteiger partial charge in [-0.3, -0.25) is 4.90 Å². The van der Waals surface area contributed by atoms with Crippen LogP contribution in [0.1, 0.15) is 11.6 Å². The third kappa shape index (κ3) is 5.65. The number of benzene rings is 2. The van der Waals surface area contributed by atoms with E-state index >= 15 is 0 Å². The van der Waals surface area contributed by atoms with Crippen molar-refractivity contribution in [3.8, 4) is 22.5 Å². The number of carbonyl (C=O) groups is 1. The summed E-state index contributed by atoms with van der Waals surface area (Å²) in [6, 6.07) is 13.3. The zero-order chi connectivity index (χ0) is 29.4. The SMILES string of the molecule is C[Si](C)(C)CCOCn1cnc(-c2ccc(-c3cnn4ccc(N5C(=O)OC[C@H]5c5ccc(F)c(F)c5)nc34)cc2)n1. The fraction of sp³-hybridized carbons (Fsp3) is 0.276. The van der Waals surface area contributed by atoms with Gasteiger partial charge in [-0.25, -0.2) is 32.7 Å². The molecule has 0 saturated carbocycles. The highest BCUT2D eigenvalue weighted by Crippen LogP contribution is 2.34. The molecule has 1 amide bonds. The van der Waals surface area contributed by atoms with E-state index in [1.54, 1.807) is 34.0 Å². The topological polar surface area (TPSA) is 99.7 Å². The Bertz CT molecular complexity index is 1750. The summed E-state index contributed by atoms with van der Waals surface area (Å²) in [5, 5.41) is 8.93. The van der Waals surface area contributed by atoms with E-state index in [2.05, 4.69) is 34.8 Å². The van der Waals surface area contributed by atoms with Crippen LogP contribution in [0.4, 0.5) is 19.4 Å². The van der Waals surface area contributed by atoms with E-state index in [1.165, 1.54) is 11.0 Å². The Balaban J connectivity index is 1.22. The van der Waals surface area contributed by atoms with Gasteiger partial charge in [0.2, 0.25) is 0 Å². The lowest BCUT2D eigenvalue weighted by Crippen LogP contribution is -2.28. The summed E-state index contributed by atoms with van der Waals surface area (Å²) < 4.78 is 41.8. The second-order valence-electron chi connectivity index (χ2n) is 11.3. The van der Waals surface area contributed by atoms with Crippen molar-refractivity contribution in [3.63, 3.8) is 0 Å². The highest BCUT2D eigenvalue weighted by molar-refractivity contribution is 6.76. The van der Waals surface area contributed by atoms with Crippen LogP contribution < -0.4 is 4.90 Å². The summed E-state index contributed by atoms with van der Waals surface area (Å²) in [5.41, 5.74) is 3.36. The minimum absolute atomic E-state index is 0.0151. The van der Waals surface area contributed by atoms with Crippen molar-refractivity contribution in [1.29, 1.82) is 0 Å². The number of aromatic nitrogens is 6. The fourth-order valence-electron chi connectivity index (χ4n) is 4.66. The Hall–Kier alpha value is -4.49. The highest BCUT2D eigenvalue weighted by Gasteiger charge is 2.37. The van der Waals surface area contributed by atoms with Gasteiger partial charge in [0.1, 0.15) is 31.5 Å². The lowest BCUT2D eigenvalue weighted by Gasteiger charge is -2.21. The van der Waals surface area contributed by atoms with Crippen LogP contribution >= 0.6 is 0 Å². The zero-order valence-electron chi connectivity index (χ0n) is 23.4. The van der Waals surface area contributed by atoms with Gasteiger partial charge < -0.3 is 9.47 Å². The number of fused-ring (bicyclic) bond motifs is 1. The van der Waals surface area contributed by atoms with Gasteiger partial charge in [0.05, 0.1) is 6.20 Å². The normalized spacial score (nSPS) is 15.5. The molecular formula is C29H29F2N7O3Si. The first-order chi connectivity index (χ1) is 20.2. The second kappa shape index (κ2) is 11.1. The lowest BCUT2D eigenvalue weighted by molar-refractivity contribution is 0.0785. The summed E-state index contributed by atoms with van der Waals surface area (Å²) in [4.78, 5) is 23.1. The molecule has 216 valence electrons. The fourth-order valence-corrected chi connectivity index (χ4v) is 5.42. The molecule has 0 aliphatic carbocycles. The molecule has 0 bridgehead atoms. The van der Waals surface area contributed by atoms with Crippen molar-refractivity contribution >= 4 is 25.6 Å². The molecule has 13 heteroatoms. The molecule has 0 spiro atoms. The molecule has 4 heterocycles. The van der Waals surface area contributed by atoms with E-state index in [9.17, 15) is 13.6 Å². The average Bonchev–Trinajstić information content (AvgIpc) is 3.70. The van der Waals surface area contributed by atoms with Crippen molar-refractivity contribution in [1.82, 2.24) is 29.4 Å². The number of amides is 1. The smallest absolute Gasteiger partial charge is 0.416 e. The molecule has 5 aromatic rings. The Kier molecular flexibility index (Phi) is 7.29. The number of hydrogen-bond donors (Lipinski definition) is 0. The quantitative estimate of drug-likeness (QED) is 0.155. The maximum atomic E-state index is 13.9. The Labute approximate surface area is 241 Å². The van der Waals surface area contributed by atoms with Crippen LogP contribution in [0, 0.1) is 11.6 Å². The van der Waals surface area contributed by atoms with Crippen LogP contribution in [0.5, 0.6) is 0 Å². The molecule has 2 aromatic carbocycles. The van der Waals surface area contributed by atoms with Crippen LogP contribution in [-0.2, 0) is 16.2 Å². The first kappa shape index (κ1) is 27.7. The number of hydrogen-bond acceptors (Lipinski definition) is 7. The summed E-state index contributed by atoms with van der Waals surface area (Å²) in [6.07, 6.45) is 4.42. The second-order valence-corrected chi connectivity index (χ2v) is 16.9. The number of halogens is 2. The standard InChI is InChI=1S/C29H29F2N7O3Si/c1-42(2,3)13-12-40-18-36-17-32-27(35-36)20-6-4-19(5-7-20)22-15-33-37-11-10-26(34-28(22)37)38-25(16-41-29(38)39)21-8-9-23(30)24(31)14-21/h4-11,14-15,17,25H,12-13,16,18H2,1-3H3/t25-/m0/s1. The zero-order valence-corrected chi connectivity index (χ0v) is 24.4. The summed E-state index contributed by atoms with van der Waals surface area (Å²) in [6.45, 7) is 7.99. The minimum atomic E-state index is -1.15. The molecule has 42 heavy (non-hydrogen) atoms. The molecule has 3 aromatic heterocycles. The van der Waals surface area contributed by atoms with Gasteiger partial charge in [0, 0.05) is 32.0 Å². The van der Waals surface area contributed by atoms with Crippen molar-refractivity contribution in [2.24, 2.45) is 0 Å². The van der Waals surface area contributed by atoms with Gasteiger partial charge in [-0.05, 0) is 35.4 Å². The van der Waals surface area contributed by atoms with E-state index in [0.29, 0.717) is 36.2 Å². The van der Waals surface area contributed by atoms with Crippen molar-refractivity contribution in [2.45, 2.75) is 38.5 Å². The lowest BCUT2D eigenvalue weighted by atomic mass is 10.1. The van der Waals surface area contributed by atoms with Gasteiger partial charge in [-0.2, -0.15) is 5.10 Å². The van der Waals surface area contributed by atoms with Gasteiger partial charge in [0.25, 0.3) is 0 Å². The van der Waals surface area contributed by atoms with Crippen molar-refractivity contribution in [2.75, 3.05) is 18.1 Å². The van der Waals surface area contributed by atoms with E-state index < -0.39 is 31.8 Å². The first-order valence-electron chi connectivity index (χ1n) is 13.5. The predicted molar refractivity (Wildman–Crippen MR) is 154 cm³/mol. The van der Waals surface area contributed by atoms with Gasteiger partial charge in [0.15, 0.2) is 23.1 Å². The Morgan fingerprint density at radius 3 is 2.60 bits per heavy atom. The number of nitrogens with zero attached hydrogens (tertiary/aromatic N) is 7. The van der Waals surface area contributed by atoms with Crippen molar-refractivity contribution in [3.05, 3.63) is 84.4 Å². The number of cyclic esters (lactones) is 1. The summed E-state index contributed by atoms with van der Waals surface area (Å²) in [5.74, 6) is -1.06. The van der Waals surface area contributed by atoms with Crippen LogP contribution in [0.25, 0.3) is 28.2 Å². The summed E-state index contributed by atoms with van der Waals surface area (Å²) in [7, 11) is -1.15. The van der Waals surface area contributed by atoms with Gasteiger partial charge in [-0.15, -0.1) is 5.10 Å². The van der Waals surface area contributed by atoms with Crippen LogP contribution in [0.2, 0.25) is 25.7 Å². The summed E-state index contributed by atoms with van der Waals surface area (Å²) >= 11 is 0. The number of carbonyl (C=O) groups excluding carboxylic acids is 1. The maximum Gasteiger partial charge on any atom is 0.416 e. The third-order valence-electron chi connectivity index (χ3n) is 7.01. The van der Waals surface area contributed by atoms with Gasteiger partial charge in [-0.1, -0.05) is 50.0 Å². The average molecular weight is 590 g/mol. The van der Waals surface area contributed by atoms with Crippen molar-refractivity contribution < 1.29 is 23.0 Å².